The lowest BCUT2D eigenvalue weighted by Crippen LogP contribution is -1.95. The summed E-state index contributed by atoms with van der Waals surface area (Å²) < 4.78 is 17.7. The van der Waals surface area contributed by atoms with Gasteiger partial charge in [0, 0.05) is 5.56 Å². The molecule has 1 aromatic carbocycles. The van der Waals surface area contributed by atoms with E-state index in [0.717, 1.165) is 6.07 Å². The second kappa shape index (κ2) is 3.90. The molecule has 0 bridgehead atoms. The molecule has 1 heterocycles. The van der Waals surface area contributed by atoms with E-state index in [-0.39, 0.29) is 10.9 Å². The number of aromatic carboxylic acids is 1. The molecular weight excluding hydrogens is 239 g/mol. The molecule has 1 aromatic heterocycles. The SMILES string of the molecule is O=C(O)c1nnc(-c2ccc(F)c(Cl)c2)o1. The van der Waals surface area contributed by atoms with Crippen LogP contribution < -0.4 is 0 Å². The summed E-state index contributed by atoms with van der Waals surface area (Å²) in [4.78, 5) is 10.5. The van der Waals surface area contributed by atoms with Crippen molar-refractivity contribution in [2.75, 3.05) is 0 Å². The summed E-state index contributed by atoms with van der Waals surface area (Å²) in [6.07, 6.45) is 0. The third-order valence-corrected chi connectivity index (χ3v) is 2.06. The lowest BCUT2D eigenvalue weighted by Gasteiger charge is -1.96. The minimum atomic E-state index is -1.33. The fourth-order valence-electron chi connectivity index (χ4n) is 1.06. The lowest BCUT2D eigenvalue weighted by molar-refractivity contribution is 0.0654. The molecule has 16 heavy (non-hydrogen) atoms. The van der Waals surface area contributed by atoms with Crippen molar-refractivity contribution < 1.29 is 18.7 Å². The molecular formula is C9H4ClFN2O3. The van der Waals surface area contributed by atoms with Crippen molar-refractivity contribution in [2.24, 2.45) is 0 Å². The van der Waals surface area contributed by atoms with E-state index in [1.54, 1.807) is 0 Å². The molecule has 0 amide bonds. The highest BCUT2D eigenvalue weighted by Crippen LogP contribution is 2.23. The van der Waals surface area contributed by atoms with Gasteiger partial charge in [0.1, 0.15) is 5.82 Å². The zero-order valence-corrected chi connectivity index (χ0v) is 8.40. The Morgan fingerprint density at radius 1 is 1.44 bits per heavy atom. The van der Waals surface area contributed by atoms with Crippen molar-refractivity contribution in [1.29, 1.82) is 0 Å². The van der Waals surface area contributed by atoms with Gasteiger partial charge in [0.05, 0.1) is 5.02 Å². The molecule has 2 rings (SSSR count). The van der Waals surface area contributed by atoms with Crippen molar-refractivity contribution in [2.45, 2.75) is 0 Å². The molecule has 0 atom stereocenters. The predicted molar refractivity (Wildman–Crippen MR) is 51.7 cm³/mol. The Morgan fingerprint density at radius 3 is 2.75 bits per heavy atom. The topological polar surface area (TPSA) is 76.2 Å². The summed E-state index contributed by atoms with van der Waals surface area (Å²) in [6.45, 7) is 0. The summed E-state index contributed by atoms with van der Waals surface area (Å²) in [5.74, 6) is -2.47. The Morgan fingerprint density at radius 2 is 2.19 bits per heavy atom. The predicted octanol–water partition coefficient (Wildman–Crippen LogP) is 2.23. The first-order valence-electron chi connectivity index (χ1n) is 4.10. The average molecular weight is 243 g/mol. The van der Waals surface area contributed by atoms with Crippen LogP contribution >= 0.6 is 11.6 Å². The average Bonchev–Trinajstić information content (AvgIpc) is 2.71. The van der Waals surface area contributed by atoms with Crippen molar-refractivity contribution in [3.05, 3.63) is 34.9 Å². The first-order valence-corrected chi connectivity index (χ1v) is 4.48. The third-order valence-electron chi connectivity index (χ3n) is 1.77. The Bertz CT molecular complexity index is 555. The van der Waals surface area contributed by atoms with Crippen molar-refractivity contribution in [1.82, 2.24) is 10.2 Å². The second-order valence-corrected chi connectivity index (χ2v) is 3.25. The highest BCUT2D eigenvalue weighted by molar-refractivity contribution is 6.31. The van der Waals surface area contributed by atoms with Gasteiger partial charge in [-0.25, -0.2) is 9.18 Å². The van der Waals surface area contributed by atoms with Crippen LogP contribution in [0.4, 0.5) is 4.39 Å². The molecule has 0 aliphatic heterocycles. The molecule has 0 unspecified atom stereocenters. The van der Waals surface area contributed by atoms with Gasteiger partial charge >= 0.3 is 11.9 Å². The Labute approximate surface area is 93.5 Å². The zero-order chi connectivity index (χ0) is 11.7. The van der Waals surface area contributed by atoms with Gasteiger partial charge in [0.15, 0.2) is 0 Å². The van der Waals surface area contributed by atoms with Crippen LogP contribution in [0, 0.1) is 5.82 Å². The van der Waals surface area contributed by atoms with Crippen molar-refractivity contribution in [3.8, 4) is 11.5 Å². The molecule has 0 saturated heterocycles. The standard InChI is InChI=1S/C9H4ClFN2O3/c10-5-3-4(1-2-6(5)11)7-12-13-8(16-7)9(14)15/h1-3H,(H,14,15). The van der Waals surface area contributed by atoms with Gasteiger partial charge < -0.3 is 9.52 Å². The van der Waals surface area contributed by atoms with Crippen LogP contribution in [0.25, 0.3) is 11.5 Å². The van der Waals surface area contributed by atoms with E-state index >= 15 is 0 Å². The van der Waals surface area contributed by atoms with Gasteiger partial charge in [0.25, 0.3) is 0 Å². The van der Waals surface area contributed by atoms with Crippen LogP contribution in [-0.2, 0) is 0 Å². The molecule has 82 valence electrons. The fraction of sp³-hybridized carbons (Fsp3) is 0. The van der Waals surface area contributed by atoms with E-state index in [2.05, 4.69) is 10.2 Å². The number of carboxylic acid groups (broad SMARTS) is 1. The van der Waals surface area contributed by atoms with Crippen LogP contribution in [0.15, 0.2) is 22.6 Å². The second-order valence-electron chi connectivity index (χ2n) is 2.85. The Balaban J connectivity index is 2.42. The number of rotatable bonds is 2. The third kappa shape index (κ3) is 1.87. The quantitative estimate of drug-likeness (QED) is 0.874. The van der Waals surface area contributed by atoms with Crippen LogP contribution in [0.2, 0.25) is 5.02 Å². The molecule has 5 nitrogen and oxygen atoms in total. The van der Waals surface area contributed by atoms with Crippen molar-refractivity contribution in [3.63, 3.8) is 0 Å². The molecule has 0 aliphatic rings. The molecule has 1 N–H and O–H groups in total. The van der Waals surface area contributed by atoms with E-state index in [9.17, 15) is 9.18 Å². The molecule has 0 saturated carbocycles. The van der Waals surface area contributed by atoms with Gasteiger partial charge in [0.2, 0.25) is 5.89 Å². The summed E-state index contributed by atoms with van der Waals surface area (Å²) in [6, 6.07) is 3.76. The van der Waals surface area contributed by atoms with Gasteiger partial charge in [-0.15, -0.1) is 10.2 Å². The van der Waals surface area contributed by atoms with E-state index in [4.69, 9.17) is 21.1 Å². The maximum Gasteiger partial charge on any atom is 0.393 e. The monoisotopic (exact) mass is 242 g/mol. The summed E-state index contributed by atoms with van der Waals surface area (Å²) in [7, 11) is 0. The normalized spacial score (nSPS) is 10.4. The zero-order valence-electron chi connectivity index (χ0n) is 7.65. The number of benzene rings is 1. The minimum absolute atomic E-state index is 0.0284. The van der Waals surface area contributed by atoms with E-state index in [0.29, 0.717) is 5.56 Å². The number of carboxylic acids is 1. The van der Waals surface area contributed by atoms with Crippen molar-refractivity contribution >= 4 is 17.6 Å². The first kappa shape index (κ1) is 10.6. The minimum Gasteiger partial charge on any atom is -0.474 e. The first-order chi connectivity index (χ1) is 7.58. The molecule has 0 aliphatic carbocycles. The number of carbonyl (C=O) groups is 1. The number of aromatic nitrogens is 2. The molecule has 2 aromatic rings. The summed E-state index contributed by atoms with van der Waals surface area (Å²) in [5.41, 5.74) is 0.353. The number of hydrogen-bond acceptors (Lipinski definition) is 4. The largest absolute Gasteiger partial charge is 0.474 e. The summed E-state index contributed by atoms with van der Waals surface area (Å²) >= 11 is 5.55. The number of nitrogens with zero attached hydrogens (tertiary/aromatic N) is 2. The number of hydrogen-bond donors (Lipinski definition) is 1. The number of halogens is 2. The molecule has 0 radical (unpaired) electrons. The van der Waals surface area contributed by atoms with Gasteiger partial charge in [-0.2, -0.15) is 0 Å². The van der Waals surface area contributed by atoms with Gasteiger partial charge in [-0.3, -0.25) is 0 Å². The molecule has 0 fully saturated rings. The van der Waals surface area contributed by atoms with E-state index in [1.807, 2.05) is 0 Å². The van der Waals surface area contributed by atoms with E-state index < -0.39 is 17.7 Å². The maximum atomic E-state index is 12.9. The van der Waals surface area contributed by atoms with Crippen LogP contribution in [0.5, 0.6) is 0 Å². The van der Waals surface area contributed by atoms with Gasteiger partial charge in [-0.05, 0) is 18.2 Å². The summed E-state index contributed by atoms with van der Waals surface area (Å²) in [5, 5.41) is 15.2. The van der Waals surface area contributed by atoms with Crippen LogP contribution in [0.1, 0.15) is 10.7 Å². The lowest BCUT2D eigenvalue weighted by atomic mass is 10.2. The molecule has 7 heteroatoms. The highest BCUT2D eigenvalue weighted by Gasteiger charge is 2.14. The molecule has 0 spiro atoms. The maximum absolute atomic E-state index is 12.9. The smallest absolute Gasteiger partial charge is 0.393 e. The van der Waals surface area contributed by atoms with E-state index in [1.165, 1.54) is 12.1 Å². The van der Waals surface area contributed by atoms with Gasteiger partial charge in [-0.1, -0.05) is 11.6 Å². The van der Waals surface area contributed by atoms with Crippen LogP contribution in [-0.4, -0.2) is 21.3 Å². The Kier molecular flexibility index (Phi) is 2.57. The Hall–Kier alpha value is -1.95. The highest BCUT2D eigenvalue weighted by atomic mass is 35.5. The van der Waals surface area contributed by atoms with Crippen LogP contribution in [0.3, 0.4) is 0 Å². The fourth-order valence-corrected chi connectivity index (χ4v) is 1.24.